The molecule has 7 nitrogen and oxygen atoms in total. The normalized spacial score (nSPS) is 21.6. The fourth-order valence-corrected chi connectivity index (χ4v) is 5.21. The highest BCUT2D eigenvalue weighted by molar-refractivity contribution is 7.89. The zero-order chi connectivity index (χ0) is 23.0. The molecule has 1 amide bonds. The first-order valence-electron chi connectivity index (χ1n) is 10.8. The minimum atomic E-state index is -3.61. The lowest BCUT2D eigenvalue weighted by atomic mass is 9.70. The molecule has 0 aromatic heterocycles. The summed E-state index contributed by atoms with van der Waals surface area (Å²) in [6, 6.07) is 6.36. The predicted octanol–water partition coefficient (Wildman–Crippen LogP) is 2.98. The van der Waals surface area contributed by atoms with Gasteiger partial charge in [-0.15, -0.1) is 0 Å². The molecule has 31 heavy (non-hydrogen) atoms. The molecule has 0 saturated carbocycles. The lowest BCUT2D eigenvalue weighted by Gasteiger charge is -2.37. The standard InChI is InChI=1S/C23H36N2O5S/c1-16(2)22-13-18(14-23(26)24-10-11-29-4)17(3)12-19(22)15-25-31(27,28)21-8-6-20(30-5)7-9-21/h6-9,12,16,18-19,22,25H,10-11,13-15H2,1-5H3,(H,24,26)/t18-,19-,22-/m0/s1. The quantitative estimate of drug-likeness (QED) is 0.398. The van der Waals surface area contributed by atoms with Gasteiger partial charge >= 0.3 is 0 Å². The van der Waals surface area contributed by atoms with E-state index in [1.807, 2.05) is 6.92 Å². The minimum absolute atomic E-state index is 0.0240. The number of hydrogen-bond donors (Lipinski definition) is 2. The van der Waals surface area contributed by atoms with Crippen LogP contribution in [-0.4, -0.2) is 48.2 Å². The highest BCUT2D eigenvalue weighted by atomic mass is 32.2. The molecule has 8 heteroatoms. The molecule has 2 rings (SSSR count). The number of benzene rings is 1. The summed E-state index contributed by atoms with van der Waals surface area (Å²) < 4.78 is 38.3. The monoisotopic (exact) mass is 452 g/mol. The van der Waals surface area contributed by atoms with Crippen LogP contribution in [0.2, 0.25) is 0 Å². The fourth-order valence-electron chi connectivity index (χ4n) is 4.14. The second kappa shape index (κ2) is 11.6. The molecule has 0 aliphatic heterocycles. The van der Waals surface area contributed by atoms with Crippen molar-refractivity contribution < 1.29 is 22.7 Å². The number of amides is 1. The highest BCUT2D eigenvalue weighted by Crippen LogP contribution is 2.38. The van der Waals surface area contributed by atoms with Crippen molar-refractivity contribution in [1.82, 2.24) is 10.0 Å². The molecule has 1 aliphatic carbocycles. The first-order chi connectivity index (χ1) is 14.7. The average Bonchev–Trinajstić information content (AvgIpc) is 2.74. The van der Waals surface area contributed by atoms with Gasteiger partial charge in [0.1, 0.15) is 5.75 Å². The second-order valence-corrected chi connectivity index (χ2v) is 10.3. The summed E-state index contributed by atoms with van der Waals surface area (Å²) in [7, 11) is -0.456. The van der Waals surface area contributed by atoms with Gasteiger partial charge < -0.3 is 14.8 Å². The maximum absolute atomic E-state index is 12.7. The average molecular weight is 453 g/mol. The van der Waals surface area contributed by atoms with Crippen LogP contribution >= 0.6 is 0 Å². The van der Waals surface area contributed by atoms with Crippen molar-refractivity contribution in [1.29, 1.82) is 0 Å². The largest absolute Gasteiger partial charge is 0.497 e. The molecular formula is C23H36N2O5S. The van der Waals surface area contributed by atoms with E-state index in [4.69, 9.17) is 9.47 Å². The van der Waals surface area contributed by atoms with Crippen molar-refractivity contribution >= 4 is 15.9 Å². The molecule has 1 aromatic rings. The Hall–Kier alpha value is -1.90. The van der Waals surface area contributed by atoms with Crippen molar-refractivity contribution in [3.05, 3.63) is 35.9 Å². The summed E-state index contributed by atoms with van der Waals surface area (Å²) in [5.74, 6) is 1.56. The SMILES string of the molecule is COCCNC(=O)C[C@@H]1C[C@@H](C(C)C)[C@H](CNS(=O)(=O)c2ccc(OC)cc2)C=C1C. The molecule has 2 N–H and O–H groups in total. The molecule has 0 saturated heterocycles. The first kappa shape index (κ1) is 25.4. The van der Waals surface area contributed by atoms with Crippen LogP contribution in [0.4, 0.5) is 0 Å². The molecule has 0 unspecified atom stereocenters. The van der Waals surface area contributed by atoms with Gasteiger partial charge in [0.2, 0.25) is 15.9 Å². The van der Waals surface area contributed by atoms with Crippen LogP contribution in [0.25, 0.3) is 0 Å². The molecular weight excluding hydrogens is 416 g/mol. The summed E-state index contributed by atoms with van der Waals surface area (Å²) in [6.07, 6.45) is 3.46. The number of carbonyl (C=O) groups is 1. The molecule has 1 aliphatic rings. The summed E-state index contributed by atoms with van der Waals surface area (Å²) in [4.78, 5) is 12.5. The van der Waals surface area contributed by atoms with Gasteiger partial charge in [0.15, 0.2) is 0 Å². The van der Waals surface area contributed by atoms with Crippen LogP contribution in [-0.2, 0) is 19.6 Å². The van der Waals surface area contributed by atoms with E-state index in [9.17, 15) is 13.2 Å². The number of hydrogen-bond acceptors (Lipinski definition) is 5. The third-order valence-corrected chi connectivity index (χ3v) is 7.46. The second-order valence-electron chi connectivity index (χ2n) is 8.49. The van der Waals surface area contributed by atoms with Crippen LogP contribution in [0.5, 0.6) is 5.75 Å². The molecule has 174 valence electrons. The van der Waals surface area contributed by atoms with Crippen LogP contribution in [0.1, 0.15) is 33.6 Å². The van der Waals surface area contributed by atoms with Gasteiger partial charge in [0.05, 0.1) is 18.6 Å². The molecule has 0 radical (unpaired) electrons. The molecule has 0 bridgehead atoms. The summed E-state index contributed by atoms with van der Waals surface area (Å²) in [5, 5.41) is 2.89. The fraction of sp³-hybridized carbons (Fsp3) is 0.609. The van der Waals surface area contributed by atoms with E-state index in [-0.39, 0.29) is 22.6 Å². The Balaban J connectivity index is 2.05. The Kier molecular flexibility index (Phi) is 9.53. The number of nitrogens with one attached hydrogen (secondary N) is 2. The molecule has 3 atom stereocenters. The highest BCUT2D eigenvalue weighted by Gasteiger charge is 2.33. The van der Waals surface area contributed by atoms with Crippen molar-refractivity contribution in [2.45, 2.75) is 38.5 Å². The van der Waals surface area contributed by atoms with Gasteiger partial charge in [-0.25, -0.2) is 13.1 Å². The van der Waals surface area contributed by atoms with Gasteiger partial charge in [0.25, 0.3) is 0 Å². The Morgan fingerprint density at radius 2 is 1.87 bits per heavy atom. The Morgan fingerprint density at radius 3 is 2.45 bits per heavy atom. The van der Waals surface area contributed by atoms with Crippen LogP contribution in [0.3, 0.4) is 0 Å². The van der Waals surface area contributed by atoms with Crippen molar-refractivity contribution in [3.8, 4) is 5.75 Å². The van der Waals surface area contributed by atoms with E-state index < -0.39 is 10.0 Å². The summed E-state index contributed by atoms with van der Waals surface area (Å²) in [5.41, 5.74) is 1.15. The number of allylic oxidation sites excluding steroid dienone is 1. The smallest absolute Gasteiger partial charge is 0.240 e. The summed E-state index contributed by atoms with van der Waals surface area (Å²) in [6.45, 7) is 7.68. The van der Waals surface area contributed by atoms with E-state index in [0.29, 0.717) is 43.7 Å². The number of ether oxygens (including phenoxy) is 2. The first-order valence-corrected chi connectivity index (χ1v) is 12.2. The third kappa shape index (κ3) is 7.33. The predicted molar refractivity (Wildman–Crippen MR) is 121 cm³/mol. The maximum atomic E-state index is 12.7. The van der Waals surface area contributed by atoms with Gasteiger partial charge in [0, 0.05) is 26.6 Å². The Bertz CT molecular complexity index is 849. The Morgan fingerprint density at radius 1 is 1.19 bits per heavy atom. The number of methoxy groups -OCH3 is 2. The topological polar surface area (TPSA) is 93.7 Å². The third-order valence-electron chi connectivity index (χ3n) is 6.02. The maximum Gasteiger partial charge on any atom is 0.240 e. The van der Waals surface area contributed by atoms with E-state index in [0.717, 1.165) is 12.0 Å². The van der Waals surface area contributed by atoms with Crippen LogP contribution in [0, 0.1) is 23.7 Å². The van der Waals surface area contributed by atoms with E-state index in [2.05, 4.69) is 30.0 Å². The lowest BCUT2D eigenvalue weighted by Crippen LogP contribution is -2.38. The van der Waals surface area contributed by atoms with Crippen LogP contribution in [0.15, 0.2) is 40.8 Å². The number of carbonyl (C=O) groups excluding carboxylic acids is 1. The number of sulfonamides is 1. The van der Waals surface area contributed by atoms with Crippen molar-refractivity contribution in [3.63, 3.8) is 0 Å². The van der Waals surface area contributed by atoms with Gasteiger partial charge in [-0.2, -0.15) is 0 Å². The van der Waals surface area contributed by atoms with Gasteiger partial charge in [-0.05, 0) is 61.3 Å². The lowest BCUT2D eigenvalue weighted by molar-refractivity contribution is -0.122. The van der Waals surface area contributed by atoms with E-state index in [1.54, 1.807) is 38.5 Å². The zero-order valence-corrected chi connectivity index (χ0v) is 20.0. The molecule has 0 spiro atoms. The van der Waals surface area contributed by atoms with Crippen LogP contribution < -0.4 is 14.8 Å². The molecule has 0 heterocycles. The van der Waals surface area contributed by atoms with E-state index >= 15 is 0 Å². The Labute approximate surface area is 186 Å². The zero-order valence-electron chi connectivity index (χ0n) is 19.2. The van der Waals surface area contributed by atoms with Crippen molar-refractivity contribution in [2.24, 2.45) is 23.7 Å². The van der Waals surface area contributed by atoms with E-state index in [1.165, 1.54) is 0 Å². The molecule has 1 aromatic carbocycles. The van der Waals surface area contributed by atoms with Crippen molar-refractivity contribution in [2.75, 3.05) is 33.9 Å². The van der Waals surface area contributed by atoms with Gasteiger partial charge in [-0.1, -0.05) is 25.5 Å². The number of rotatable bonds is 11. The molecule has 0 fully saturated rings. The van der Waals surface area contributed by atoms with Gasteiger partial charge in [-0.3, -0.25) is 4.79 Å². The minimum Gasteiger partial charge on any atom is -0.497 e. The summed E-state index contributed by atoms with van der Waals surface area (Å²) >= 11 is 0.